The van der Waals surface area contributed by atoms with Gasteiger partial charge < -0.3 is 14.8 Å². The normalized spacial score (nSPS) is 11.5. The summed E-state index contributed by atoms with van der Waals surface area (Å²) in [6.07, 6.45) is 2.33. The lowest BCUT2D eigenvalue weighted by Crippen LogP contribution is -2.18. The standard InChI is InChI=1S/C25H31N7O/c1-16-13-17(2)27-25(26-16)32-19(4)22(18(3)29-32)15-24(33)28-21-7-8-23-20(14-21)9-10-31(23)12-11-30(5)6/h7-10,13-14H,11-12,15H2,1-6H3,(H,28,33). The van der Waals surface area contributed by atoms with Crippen molar-refractivity contribution in [2.24, 2.45) is 0 Å². The van der Waals surface area contributed by atoms with E-state index in [4.69, 9.17) is 0 Å². The second kappa shape index (κ2) is 9.15. The summed E-state index contributed by atoms with van der Waals surface area (Å²) in [5.74, 6) is 0.456. The third-order valence-electron chi connectivity index (χ3n) is 5.78. The number of likely N-dealkylation sites (N-methyl/N-ethyl adjacent to an activating group) is 1. The fourth-order valence-corrected chi connectivity index (χ4v) is 4.07. The molecule has 4 aromatic rings. The first-order valence-corrected chi connectivity index (χ1v) is 11.1. The molecule has 8 nitrogen and oxygen atoms in total. The van der Waals surface area contributed by atoms with Crippen molar-refractivity contribution in [2.75, 3.05) is 26.0 Å². The Morgan fingerprint density at radius 2 is 1.76 bits per heavy atom. The van der Waals surface area contributed by atoms with Gasteiger partial charge in [-0.2, -0.15) is 5.10 Å². The molecule has 3 aromatic heterocycles. The molecule has 4 rings (SSSR count). The smallest absolute Gasteiger partial charge is 0.251 e. The molecular weight excluding hydrogens is 414 g/mol. The fraction of sp³-hybridized carbons (Fsp3) is 0.360. The van der Waals surface area contributed by atoms with Gasteiger partial charge in [0, 0.05) is 58.5 Å². The van der Waals surface area contributed by atoms with Gasteiger partial charge in [-0.25, -0.2) is 14.6 Å². The number of carbonyl (C=O) groups excluding carboxylic acids is 1. The van der Waals surface area contributed by atoms with Crippen molar-refractivity contribution in [3.8, 4) is 5.95 Å². The summed E-state index contributed by atoms with van der Waals surface area (Å²) in [6, 6.07) is 10.1. The van der Waals surface area contributed by atoms with E-state index in [1.165, 1.54) is 0 Å². The summed E-state index contributed by atoms with van der Waals surface area (Å²) >= 11 is 0. The highest BCUT2D eigenvalue weighted by atomic mass is 16.1. The summed E-state index contributed by atoms with van der Waals surface area (Å²) in [4.78, 5) is 24.0. The van der Waals surface area contributed by atoms with Crippen LogP contribution < -0.4 is 5.32 Å². The number of aromatic nitrogens is 5. The number of amides is 1. The van der Waals surface area contributed by atoms with E-state index in [0.717, 1.165) is 58.0 Å². The monoisotopic (exact) mass is 445 g/mol. The van der Waals surface area contributed by atoms with E-state index in [1.54, 1.807) is 4.68 Å². The van der Waals surface area contributed by atoms with Crippen LogP contribution in [0.1, 0.15) is 28.3 Å². The summed E-state index contributed by atoms with van der Waals surface area (Å²) in [7, 11) is 4.14. The molecular formula is C25H31N7O. The van der Waals surface area contributed by atoms with Crippen molar-refractivity contribution in [1.29, 1.82) is 0 Å². The number of nitrogens with zero attached hydrogens (tertiary/aromatic N) is 6. The minimum atomic E-state index is -0.0755. The zero-order valence-corrected chi connectivity index (χ0v) is 20.2. The Bertz CT molecular complexity index is 1300. The van der Waals surface area contributed by atoms with Gasteiger partial charge in [-0.05, 0) is 72.1 Å². The van der Waals surface area contributed by atoms with Gasteiger partial charge in [0.1, 0.15) is 0 Å². The molecule has 0 unspecified atom stereocenters. The van der Waals surface area contributed by atoms with E-state index >= 15 is 0 Å². The molecule has 0 saturated heterocycles. The van der Waals surface area contributed by atoms with Crippen LogP contribution in [0.15, 0.2) is 36.5 Å². The zero-order valence-electron chi connectivity index (χ0n) is 20.2. The maximum atomic E-state index is 12.9. The molecule has 0 radical (unpaired) electrons. The molecule has 8 heteroatoms. The highest BCUT2D eigenvalue weighted by Crippen LogP contribution is 2.22. The van der Waals surface area contributed by atoms with Gasteiger partial charge in [0.25, 0.3) is 5.95 Å². The molecule has 172 valence electrons. The first-order chi connectivity index (χ1) is 15.7. The number of carbonyl (C=O) groups is 1. The SMILES string of the molecule is Cc1cc(C)nc(-n2nc(C)c(CC(=O)Nc3ccc4c(ccn4CCN(C)C)c3)c2C)n1. The van der Waals surface area contributed by atoms with Crippen molar-refractivity contribution < 1.29 is 4.79 Å². The lowest BCUT2D eigenvalue weighted by atomic mass is 10.1. The first-order valence-electron chi connectivity index (χ1n) is 11.1. The van der Waals surface area contributed by atoms with Crippen LogP contribution in [0.3, 0.4) is 0 Å². The number of fused-ring (bicyclic) bond motifs is 1. The Kier molecular flexibility index (Phi) is 6.29. The average molecular weight is 446 g/mol. The van der Waals surface area contributed by atoms with Crippen LogP contribution in [0.5, 0.6) is 0 Å². The number of anilines is 1. The van der Waals surface area contributed by atoms with Gasteiger partial charge in [0.05, 0.1) is 12.1 Å². The quantitative estimate of drug-likeness (QED) is 0.470. The molecule has 1 amide bonds. The van der Waals surface area contributed by atoms with Gasteiger partial charge in [-0.15, -0.1) is 0 Å². The Hall–Kier alpha value is -3.52. The van der Waals surface area contributed by atoms with Gasteiger partial charge in [-0.3, -0.25) is 4.79 Å². The summed E-state index contributed by atoms with van der Waals surface area (Å²) in [5.41, 5.74) is 6.30. The molecule has 0 bridgehead atoms. The van der Waals surface area contributed by atoms with E-state index in [2.05, 4.69) is 62.3 Å². The van der Waals surface area contributed by atoms with E-state index in [9.17, 15) is 4.79 Å². The molecule has 3 heterocycles. The second-order valence-electron chi connectivity index (χ2n) is 8.82. The number of hydrogen-bond donors (Lipinski definition) is 1. The van der Waals surface area contributed by atoms with Crippen LogP contribution in [0.25, 0.3) is 16.9 Å². The summed E-state index contributed by atoms with van der Waals surface area (Å²) < 4.78 is 3.96. The molecule has 1 N–H and O–H groups in total. The molecule has 33 heavy (non-hydrogen) atoms. The zero-order chi connectivity index (χ0) is 23.7. The van der Waals surface area contributed by atoms with E-state index in [-0.39, 0.29) is 12.3 Å². The van der Waals surface area contributed by atoms with Gasteiger partial charge in [0.15, 0.2) is 0 Å². The number of rotatable bonds is 7. The minimum Gasteiger partial charge on any atom is -0.346 e. The molecule has 0 aliphatic carbocycles. The molecule has 0 saturated carbocycles. The summed E-state index contributed by atoms with van der Waals surface area (Å²) in [5, 5.41) is 8.75. The number of nitrogens with one attached hydrogen (secondary N) is 1. The third kappa shape index (κ3) is 4.96. The maximum Gasteiger partial charge on any atom is 0.251 e. The Morgan fingerprint density at radius 3 is 2.45 bits per heavy atom. The summed E-state index contributed by atoms with van der Waals surface area (Å²) in [6.45, 7) is 9.64. The fourth-order valence-electron chi connectivity index (χ4n) is 4.07. The van der Waals surface area contributed by atoms with E-state index in [0.29, 0.717) is 5.95 Å². The number of hydrogen-bond acceptors (Lipinski definition) is 5. The molecule has 1 aromatic carbocycles. The minimum absolute atomic E-state index is 0.0755. The highest BCUT2D eigenvalue weighted by molar-refractivity contribution is 5.95. The molecule has 0 aliphatic rings. The maximum absolute atomic E-state index is 12.9. The van der Waals surface area contributed by atoms with E-state index < -0.39 is 0 Å². The Balaban J connectivity index is 1.50. The molecule has 0 atom stereocenters. The lowest BCUT2D eigenvalue weighted by Gasteiger charge is -2.11. The van der Waals surface area contributed by atoms with Crippen molar-refractivity contribution >= 4 is 22.5 Å². The van der Waals surface area contributed by atoms with Gasteiger partial charge in [0.2, 0.25) is 5.91 Å². The lowest BCUT2D eigenvalue weighted by molar-refractivity contribution is -0.115. The highest BCUT2D eigenvalue weighted by Gasteiger charge is 2.18. The van der Waals surface area contributed by atoms with Crippen LogP contribution >= 0.6 is 0 Å². The number of aryl methyl sites for hydroxylation is 3. The van der Waals surface area contributed by atoms with E-state index in [1.807, 2.05) is 45.9 Å². The predicted octanol–water partition coefficient (Wildman–Crippen LogP) is 3.59. The van der Waals surface area contributed by atoms with Crippen LogP contribution in [0.2, 0.25) is 0 Å². The Morgan fingerprint density at radius 1 is 1.03 bits per heavy atom. The van der Waals surface area contributed by atoms with Crippen molar-refractivity contribution in [1.82, 2.24) is 29.2 Å². The third-order valence-corrected chi connectivity index (χ3v) is 5.78. The largest absolute Gasteiger partial charge is 0.346 e. The van der Waals surface area contributed by atoms with Crippen LogP contribution in [0, 0.1) is 27.7 Å². The van der Waals surface area contributed by atoms with Crippen LogP contribution in [0.4, 0.5) is 5.69 Å². The average Bonchev–Trinajstić information content (AvgIpc) is 3.27. The van der Waals surface area contributed by atoms with Crippen molar-refractivity contribution in [2.45, 2.75) is 40.7 Å². The van der Waals surface area contributed by atoms with Crippen molar-refractivity contribution in [3.05, 3.63) is 64.9 Å². The van der Waals surface area contributed by atoms with Crippen molar-refractivity contribution in [3.63, 3.8) is 0 Å². The predicted molar refractivity (Wildman–Crippen MR) is 131 cm³/mol. The molecule has 0 spiro atoms. The van der Waals surface area contributed by atoms with Gasteiger partial charge in [-0.1, -0.05) is 0 Å². The second-order valence-corrected chi connectivity index (χ2v) is 8.82. The Labute approximate surface area is 194 Å². The van der Waals surface area contributed by atoms with Crippen LogP contribution in [-0.4, -0.2) is 55.8 Å². The first kappa shape index (κ1) is 22.7. The number of benzene rings is 1. The van der Waals surface area contributed by atoms with Crippen LogP contribution in [-0.2, 0) is 17.8 Å². The topological polar surface area (TPSA) is 80.9 Å². The molecule has 0 fully saturated rings. The molecule has 0 aliphatic heterocycles. The van der Waals surface area contributed by atoms with Gasteiger partial charge >= 0.3 is 0 Å².